The summed E-state index contributed by atoms with van der Waals surface area (Å²) in [6, 6.07) is 13.6. The van der Waals surface area contributed by atoms with E-state index in [0.717, 1.165) is 9.92 Å². The van der Waals surface area contributed by atoms with Crippen molar-refractivity contribution in [3.05, 3.63) is 54.2 Å². The van der Waals surface area contributed by atoms with E-state index in [4.69, 9.17) is 4.74 Å². The second-order valence-corrected chi connectivity index (χ2v) is 5.74. The number of hydrogen-bond acceptors (Lipinski definition) is 4. The van der Waals surface area contributed by atoms with Crippen LogP contribution in [0.15, 0.2) is 58.6 Å². The lowest BCUT2D eigenvalue weighted by Gasteiger charge is -2.27. The van der Waals surface area contributed by atoms with Crippen molar-refractivity contribution in [1.82, 2.24) is 9.88 Å². The number of nitrogens with zero attached hydrogens (tertiary/aromatic N) is 2. The van der Waals surface area contributed by atoms with Gasteiger partial charge in [0.05, 0.1) is 18.8 Å². The zero-order chi connectivity index (χ0) is 14.5. The maximum Gasteiger partial charge on any atom is 0.256 e. The van der Waals surface area contributed by atoms with Gasteiger partial charge in [0, 0.05) is 24.2 Å². The van der Waals surface area contributed by atoms with Crippen LogP contribution in [0, 0.1) is 0 Å². The number of hydrogen-bond donors (Lipinski definition) is 0. The Labute approximate surface area is 128 Å². The Morgan fingerprint density at radius 3 is 2.62 bits per heavy atom. The predicted octanol–water partition coefficient (Wildman–Crippen LogP) is 2.71. The van der Waals surface area contributed by atoms with Crippen LogP contribution in [0.2, 0.25) is 0 Å². The van der Waals surface area contributed by atoms with Crippen LogP contribution in [0.3, 0.4) is 0 Å². The van der Waals surface area contributed by atoms with E-state index in [2.05, 4.69) is 4.98 Å². The number of amides is 1. The minimum absolute atomic E-state index is 0.0323. The van der Waals surface area contributed by atoms with Crippen molar-refractivity contribution in [2.45, 2.75) is 9.92 Å². The third kappa shape index (κ3) is 3.43. The largest absolute Gasteiger partial charge is 0.378 e. The first-order valence-electron chi connectivity index (χ1n) is 6.89. The Kier molecular flexibility index (Phi) is 4.52. The van der Waals surface area contributed by atoms with Crippen molar-refractivity contribution in [2.75, 3.05) is 26.3 Å². The average molecular weight is 300 g/mol. The molecule has 2 heterocycles. The zero-order valence-electron chi connectivity index (χ0n) is 11.6. The summed E-state index contributed by atoms with van der Waals surface area (Å²) in [6.45, 7) is 2.49. The molecule has 1 saturated heterocycles. The molecule has 0 N–H and O–H groups in total. The van der Waals surface area contributed by atoms with Gasteiger partial charge >= 0.3 is 0 Å². The first kappa shape index (κ1) is 14.1. The molecule has 5 heteroatoms. The smallest absolute Gasteiger partial charge is 0.256 e. The van der Waals surface area contributed by atoms with Crippen molar-refractivity contribution < 1.29 is 9.53 Å². The number of rotatable bonds is 3. The van der Waals surface area contributed by atoms with E-state index in [-0.39, 0.29) is 5.91 Å². The van der Waals surface area contributed by atoms with Crippen molar-refractivity contribution in [2.24, 2.45) is 0 Å². The molecule has 21 heavy (non-hydrogen) atoms. The molecule has 2 aromatic rings. The van der Waals surface area contributed by atoms with Crippen molar-refractivity contribution >= 4 is 17.7 Å². The fourth-order valence-corrected chi connectivity index (χ4v) is 3.07. The fourth-order valence-electron chi connectivity index (χ4n) is 2.17. The van der Waals surface area contributed by atoms with Crippen LogP contribution in [0.5, 0.6) is 0 Å². The number of carbonyl (C=O) groups is 1. The normalized spacial score (nSPS) is 15.0. The highest BCUT2D eigenvalue weighted by molar-refractivity contribution is 7.99. The van der Waals surface area contributed by atoms with Gasteiger partial charge in [0.1, 0.15) is 5.03 Å². The summed E-state index contributed by atoms with van der Waals surface area (Å²) in [4.78, 5) is 19.9. The molecule has 108 valence electrons. The topological polar surface area (TPSA) is 42.4 Å². The van der Waals surface area contributed by atoms with Crippen molar-refractivity contribution in [3.8, 4) is 0 Å². The molecule has 0 saturated carbocycles. The molecule has 0 spiro atoms. The Hall–Kier alpha value is -1.85. The summed E-state index contributed by atoms with van der Waals surface area (Å²) in [5.41, 5.74) is 0.660. The van der Waals surface area contributed by atoms with E-state index >= 15 is 0 Å². The Balaban J connectivity index is 1.83. The highest BCUT2D eigenvalue weighted by Crippen LogP contribution is 2.29. The Morgan fingerprint density at radius 2 is 1.86 bits per heavy atom. The van der Waals surface area contributed by atoms with Gasteiger partial charge in [-0.25, -0.2) is 4.98 Å². The highest BCUT2D eigenvalue weighted by atomic mass is 32.2. The van der Waals surface area contributed by atoms with E-state index in [1.165, 1.54) is 11.8 Å². The number of pyridine rings is 1. The van der Waals surface area contributed by atoms with Gasteiger partial charge in [-0.05, 0) is 24.3 Å². The summed E-state index contributed by atoms with van der Waals surface area (Å²) in [7, 11) is 0. The minimum Gasteiger partial charge on any atom is -0.378 e. The van der Waals surface area contributed by atoms with E-state index in [0.29, 0.717) is 31.9 Å². The van der Waals surface area contributed by atoms with E-state index < -0.39 is 0 Å². The van der Waals surface area contributed by atoms with Gasteiger partial charge in [0.25, 0.3) is 5.91 Å². The molecule has 3 rings (SSSR count). The first-order chi connectivity index (χ1) is 10.3. The molecule has 1 aromatic carbocycles. The van der Waals surface area contributed by atoms with Crippen LogP contribution >= 0.6 is 11.8 Å². The molecular weight excluding hydrogens is 284 g/mol. The number of ether oxygens (including phenoxy) is 1. The number of morpholine rings is 1. The molecule has 0 aliphatic carbocycles. The third-order valence-electron chi connectivity index (χ3n) is 3.26. The highest BCUT2D eigenvalue weighted by Gasteiger charge is 2.21. The first-order valence-corrected chi connectivity index (χ1v) is 7.71. The van der Waals surface area contributed by atoms with Crippen molar-refractivity contribution in [1.29, 1.82) is 0 Å². The van der Waals surface area contributed by atoms with E-state index in [9.17, 15) is 4.79 Å². The molecule has 1 fully saturated rings. The summed E-state index contributed by atoms with van der Waals surface area (Å²) in [5.74, 6) is 0.0323. The molecule has 1 aliphatic heterocycles. The molecule has 4 nitrogen and oxygen atoms in total. The van der Waals surface area contributed by atoms with E-state index in [1.807, 2.05) is 47.4 Å². The molecule has 0 unspecified atom stereocenters. The van der Waals surface area contributed by atoms with Crippen LogP contribution < -0.4 is 0 Å². The maximum atomic E-state index is 12.6. The second kappa shape index (κ2) is 6.74. The molecule has 0 bridgehead atoms. The minimum atomic E-state index is 0.0323. The summed E-state index contributed by atoms with van der Waals surface area (Å²) in [6.07, 6.45) is 1.72. The third-order valence-corrected chi connectivity index (χ3v) is 4.28. The fraction of sp³-hybridized carbons (Fsp3) is 0.250. The quantitative estimate of drug-likeness (QED) is 0.874. The van der Waals surface area contributed by atoms with E-state index in [1.54, 1.807) is 6.20 Å². The maximum absolute atomic E-state index is 12.6. The lowest BCUT2D eigenvalue weighted by molar-refractivity contribution is 0.0300. The predicted molar refractivity (Wildman–Crippen MR) is 81.5 cm³/mol. The second-order valence-electron chi connectivity index (χ2n) is 4.68. The molecule has 0 atom stereocenters. The SMILES string of the molecule is O=C(c1cccnc1Sc1ccccc1)N1CCOCC1. The van der Waals surface area contributed by atoms with Crippen molar-refractivity contribution in [3.63, 3.8) is 0 Å². The lowest BCUT2D eigenvalue weighted by Crippen LogP contribution is -2.40. The van der Waals surface area contributed by atoms with Gasteiger partial charge in [0.2, 0.25) is 0 Å². The Morgan fingerprint density at radius 1 is 1.10 bits per heavy atom. The number of benzene rings is 1. The van der Waals surface area contributed by atoms with Gasteiger partial charge in [-0.1, -0.05) is 30.0 Å². The average Bonchev–Trinajstić information content (AvgIpc) is 2.56. The molecule has 1 aliphatic rings. The van der Waals surface area contributed by atoms with Crippen LogP contribution in [0.1, 0.15) is 10.4 Å². The standard InChI is InChI=1S/C16H16N2O2S/c19-16(18-9-11-20-12-10-18)14-7-4-8-17-15(14)21-13-5-2-1-3-6-13/h1-8H,9-12H2. The van der Waals surface area contributed by atoms with Gasteiger partial charge in [-0.3, -0.25) is 4.79 Å². The number of carbonyl (C=O) groups excluding carboxylic acids is 1. The monoisotopic (exact) mass is 300 g/mol. The summed E-state index contributed by atoms with van der Waals surface area (Å²) < 4.78 is 5.30. The summed E-state index contributed by atoms with van der Waals surface area (Å²) in [5, 5.41) is 0.750. The Bertz CT molecular complexity index is 613. The van der Waals surface area contributed by atoms with Gasteiger partial charge in [-0.2, -0.15) is 0 Å². The van der Waals surface area contributed by atoms with Crippen LogP contribution in [0.25, 0.3) is 0 Å². The summed E-state index contributed by atoms with van der Waals surface area (Å²) >= 11 is 1.52. The van der Waals surface area contributed by atoms with Gasteiger partial charge in [-0.15, -0.1) is 0 Å². The number of aromatic nitrogens is 1. The van der Waals surface area contributed by atoms with Gasteiger partial charge < -0.3 is 9.64 Å². The lowest BCUT2D eigenvalue weighted by atomic mass is 10.2. The van der Waals surface area contributed by atoms with Crippen LogP contribution in [-0.4, -0.2) is 42.1 Å². The molecule has 1 aromatic heterocycles. The van der Waals surface area contributed by atoms with Crippen LogP contribution in [-0.2, 0) is 4.74 Å². The molecular formula is C16H16N2O2S. The van der Waals surface area contributed by atoms with Crippen LogP contribution in [0.4, 0.5) is 0 Å². The zero-order valence-corrected chi connectivity index (χ0v) is 12.4. The van der Waals surface area contributed by atoms with Gasteiger partial charge in [0.15, 0.2) is 0 Å². The molecule has 0 radical (unpaired) electrons. The molecule has 1 amide bonds.